The zero-order valence-electron chi connectivity index (χ0n) is 13.1. The summed E-state index contributed by atoms with van der Waals surface area (Å²) in [7, 11) is 4.04. The second-order valence-electron chi connectivity index (χ2n) is 6.09. The molecule has 0 bridgehead atoms. The molecule has 1 saturated carbocycles. The summed E-state index contributed by atoms with van der Waals surface area (Å²) in [6.45, 7) is 4.02. The van der Waals surface area contributed by atoms with Gasteiger partial charge < -0.3 is 14.7 Å². The van der Waals surface area contributed by atoms with Gasteiger partial charge in [0, 0.05) is 6.04 Å². The highest BCUT2D eigenvalue weighted by atomic mass is 16.5. The Bertz CT molecular complexity index is 391. The minimum atomic E-state index is 0.382. The first-order valence-corrected chi connectivity index (χ1v) is 7.91. The third-order valence-electron chi connectivity index (χ3n) is 3.93. The average Bonchev–Trinajstić information content (AvgIpc) is 2.73. The summed E-state index contributed by atoms with van der Waals surface area (Å²) < 4.78 is 5.54. The quantitative estimate of drug-likeness (QED) is 0.812. The SMILES string of the molecule is CCCNC1CCCCCC1c1nc(CN(C)C)no1. The molecule has 5 nitrogen and oxygen atoms in total. The summed E-state index contributed by atoms with van der Waals surface area (Å²) >= 11 is 0. The normalized spacial score (nSPS) is 24.0. The summed E-state index contributed by atoms with van der Waals surface area (Å²) in [6, 6.07) is 0.491. The summed E-state index contributed by atoms with van der Waals surface area (Å²) in [5, 5.41) is 7.79. The van der Waals surface area contributed by atoms with Crippen LogP contribution in [0.3, 0.4) is 0 Å². The van der Waals surface area contributed by atoms with Crippen LogP contribution >= 0.6 is 0 Å². The number of aromatic nitrogens is 2. The Kier molecular flexibility index (Phi) is 5.98. The maximum absolute atomic E-state index is 5.54. The molecule has 5 heteroatoms. The topological polar surface area (TPSA) is 54.2 Å². The number of hydrogen-bond donors (Lipinski definition) is 1. The van der Waals surface area contributed by atoms with E-state index in [9.17, 15) is 0 Å². The van der Waals surface area contributed by atoms with Gasteiger partial charge in [0.1, 0.15) is 0 Å². The average molecular weight is 280 g/mol. The van der Waals surface area contributed by atoms with Gasteiger partial charge >= 0.3 is 0 Å². The predicted octanol–water partition coefficient (Wildman–Crippen LogP) is 2.55. The van der Waals surface area contributed by atoms with Crippen molar-refractivity contribution in [2.45, 2.75) is 64.0 Å². The van der Waals surface area contributed by atoms with E-state index in [0.717, 1.165) is 31.2 Å². The van der Waals surface area contributed by atoms with Crippen molar-refractivity contribution in [3.8, 4) is 0 Å². The van der Waals surface area contributed by atoms with Crippen LogP contribution in [0.1, 0.15) is 63.1 Å². The van der Waals surface area contributed by atoms with E-state index < -0.39 is 0 Å². The van der Waals surface area contributed by atoms with Crippen molar-refractivity contribution in [3.63, 3.8) is 0 Å². The van der Waals surface area contributed by atoms with Crippen molar-refractivity contribution < 1.29 is 4.52 Å². The molecule has 0 amide bonds. The third kappa shape index (κ3) is 4.28. The molecule has 114 valence electrons. The van der Waals surface area contributed by atoms with Gasteiger partial charge in [0.2, 0.25) is 5.89 Å². The molecule has 0 radical (unpaired) electrons. The van der Waals surface area contributed by atoms with Gasteiger partial charge in [-0.1, -0.05) is 31.3 Å². The van der Waals surface area contributed by atoms with Crippen LogP contribution in [0.4, 0.5) is 0 Å². The molecule has 0 aliphatic heterocycles. The summed E-state index contributed by atoms with van der Waals surface area (Å²) in [4.78, 5) is 6.68. The molecule has 1 fully saturated rings. The van der Waals surface area contributed by atoms with Gasteiger partial charge in [-0.05, 0) is 39.9 Å². The Hall–Kier alpha value is -0.940. The standard InChI is InChI=1S/C15H28N4O/c1-4-10-16-13-9-7-5-6-8-12(13)15-17-14(18-20-15)11-19(2)3/h12-13,16H,4-11H2,1-3H3. The first kappa shape index (κ1) is 15.4. The Labute approximate surface area is 122 Å². The van der Waals surface area contributed by atoms with Crippen LogP contribution in [0.2, 0.25) is 0 Å². The van der Waals surface area contributed by atoms with Crippen LogP contribution in [0.15, 0.2) is 4.52 Å². The third-order valence-corrected chi connectivity index (χ3v) is 3.93. The predicted molar refractivity (Wildman–Crippen MR) is 79.6 cm³/mol. The minimum Gasteiger partial charge on any atom is -0.339 e. The summed E-state index contributed by atoms with van der Waals surface area (Å²) in [5.41, 5.74) is 0. The van der Waals surface area contributed by atoms with Crippen LogP contribution in [0, 0.1) is 0 Å². The van der Waals surface area contributed by atoms with Crippen molar-refractivity contribution >= 4 is 0 Å². The molecular formula is C15H28N4O. The van der Waals surface area contributed by atoms with Crippen LogP contribution in [-0.4, -0.2) is 41.7 Å². The smallest absolute Gasteiger partial charge is 0.231 e. The molecule has 1 aliphatic carbocycles. The Morgan fingerprint density at radius 1 is 1.25 bits per heavy atom. The monoisotopic (exact) mass is 280 g/mol. The van der Waals surface area contributed by atoms with Crippen molar-refractivity contribution in [1.29, 1.82) is 0 Å². The molecule has 0 aromatic carbocycles. The van der Waals surface area contributed by atoms with E-state index in [1.165, 1.54) is 32.1 Å². The Balaban J connectivity index is 2.06. The van der Waals surface area contributed by atoms with Crippen molar-refractivity contribution in [2.24, 2.45) is 0 Å². The molecule has 0 saturated heterocycles. The molecule has 1 N–H and O–H groups in total. The lowest BCUT2D eigenvalue weighted by Crippen LogP contribution is -2.35. The van der Waals surface area contributed by atoms with E-state index in [4.69, 9.17) is 4.52 Å². The van der Waals surface area contributed by atoms with Gasteiger partial charge in [0.05, 0.1) is 12.5 Å². The largest absolute Gasteiger partial charge is 0.339 e. The van der Waals surface area contributed by atoms with E-state index in [0.29, 0.717) is 12.0 Å². The first-order chi connectivity index (χ1) is 9.70. The van der Waals surface area contributed by atoms with Crippen LogP contribution in [0.5, 0.6) is 0 Å². The van der Waals surface area contributed by atoms with Crippen LogP contribution in [0.25, 0.3) is 0 Å². The molecule has 2 atom stereocenters. The van der Waals surface area contributed by atoms with E-state index in [2.05, 4.69) is 27.3 Å². The maximum Gasteiger partial charge on any atom is 0.231 e. The minimum absolute atomic E-state index is 0.382. The van der Waals surface area contributed by atoms with Gasteiger partial charge in [0.25, 0.3) is 0 Å². The number of rotatable bonds is 6. The number of nitrogens with one attached hydrogen (secondary N) is 1. The highest BCUT2D eigenvalue weighted by Crippen LogP contribution is 2.31. The lowest BCUT2D eigenvalue weighted by atomic mass is 9.94. The molecule has 2 rings (SSSR count). The maximum atomic E-state index is 5.54. The molecule has 1 aliphatic rings. The highest BCUT2D eigenvalue weighted by Gasteiger charge is 2.29. The summed E-state index contributed by atoms with van der Waals surface area (Å²) in [6.07, 6.45) is 7.43. The van der Waals surface area contributed by atoms with Gasteiger partial charge in [0.15, 0.2) is 5.82 Å². The first-order valence-electron chi connectivity index (χ1n) is 7.91. The molecule has 1 aromatic rings. The van der Waals surface area contributed by atoms with Crippen LogP contribution < -0.4 is 5.32 Å². The molecular weight excluding hydrogens is 252 g/mol. The van der Waals surface area contributed by atoms with E-state index in [1.807, 2.05) is 14.1 Å². The van der Waals surface area contributed by atoms with Crippen molar-refractivity contribution in [3.05, 3.63) is 11.7 Å². The van der Waals surface area contributed by atoms with Crippen molar-refractivity contribution in [2.75, 3.05) is 20.6 Å². The van der Waals surface area contributed by atoms with E-state index in [1.54, 1.807) is 0 Å². The van der Waals surface area contributed by atoms with E-state index >= 15 is 0 Å². The molecule has 2 unspecified atom stereocenters. The van der Waals surface area contributed by atoms with Gasteiger partial charge in [-0.25, -0.2) is 0 Å². The molecule has 1 aromatic heterocycles. The Morgan fingerprint density at radius 3 is 2.80 bits per heavy atom. The zero-order chi connectivity index (χ0) is 14.4. The molecule has 0 spiro atoms. The fourth-order valence-corrected chi connectivity index (χ4v) is 2.94. The zero-order valence-corrected chi connectivity index (χ0v) is 13.1. The van der Waals surface area contributed by atoms with Crippen LogP contribution in [-0.2, 0) is 6.54 Å². The van der Waals surface area contributed by atoms with Gasteiger partial charge in [-0.3, -0.25) is 0 Å². The summed E-state index contributed by atoms with van der Waals surface area (Å²) in [5.74, 6) is 2.01. The van der Waals surface area contributed by atoms with E-state index in [-0.39, 0.29) is 0 Å². The van der Waals surface area contributed by atoms with Gasteiger partial charge in [-0.15, -0.1) is 0 Å². The molecule has 1 heterocycles. The number of hydrogen-bond acceptors (Lipinski definition) is 5. The molecule has 20 heavy (non-hydrogen) atoms. The highest BCUT2D eigenvalue weighted by molar-refractivity contribution is 5.00. The fourth-order valence-electron chi connectivity index (χ4n) is 2.94. The fraction of sp³-hybridized carbons (Fsp3) is 0.867. The van der Waals surface area contributed by atoms with Gasteiger partial charge in [-0.2, -0.15) is 4.98 Å². The lowest BCUT2D eigenvalue weighted by molar-refractivity contribution is 0.299. The number of nitrogens with zero attached hydrogens (tertiary/aromatic N) is 3. The lowest BCUT2D eigenvalue weighted by Gasteiger charge is -2.23. The second kappa shape index (κ2) is 7.74. The Morgan fingerprint density at radius 2 is 2.05 bits per heavy atom. The second-order valence-corrected chi connectivity index (χ2v) is 6.09. The van der Waals surface area contributed by atoms with Crippen molar-refractivity contribution in [1.82, 2.24) is 20.4 Å².